The molecule has 0 aromatic carbocycles. The Bertz CT molecular complexity index is 580. The minimum atomic E-state index is -0.540. The van der Waals surface area contributed by atoms with Crippen LogP contribution < -0.4 is 4.90 Å². The lowest BCUT2D eigenvalue weighted by Crippen LogP contribution is -2.37. The predicted molar refractivity (Wildman–Crippen MR) is 66.9 cm³/mol. The van der Waals surface area contributed by atoms with E-state index in [1.807, 2.05) is 6.92 Å². The van der Waals surface area contributed by atoms with Gasteiger partial charge >= 0.3 is 0 Å². The highest BCUT2D eigenvalue weighted by Gasteiger charge is 2.67. The molecule has 92 valence electrons. The van der Waals surface area contributed by atoms with E-state index in [0.717, 1.165) is 6.42 Å². The van der Waals surface area contributed by atoms with Crippen molar-refractivity contribution in [1.82, 2.24) is 4.98 Å². The Hall–Kier alpha value is -1.49. The average molecular weight is 260 g/mol. The Morgan fingerprint density at radius 3 is 2.94 bits per heavy atom. The Morgan fingerprint density at radius 2 is 2.28 bits per heavy atom. The van der Waals surface area contributed by atoms with E-state index in [2.05, 4.69) is 17.1 Å². The summed E-state index contributed by atoms with van der Waals surface area (Å²) < 4.78 is 0. The molecule has 0 unspecified atom stereocenters. The highest BCUT2D eigenvalue weighted by molar-refractivity contribution is 7.14. The lowest BCUT2D eigenvalue weighted by molar-refractivity contribution is -0.127. The van der Waals surface area contributed by atoms with Crippen LogP contribution in [-0.2, 0) is 9.59 Å². The van der Waals surface area contributed by atoms with E-state index in [9.17, 15) is 9.59 Å². The number of allylic oxidation sites excluding steroid dienone is 2. The first-order chi connectivity index (χ1) is 8.64. The van der Waals surface area contributed by atoms with Crippen LogP contribution in [-0.4, -0.2) is 16.8 Å². The van der Waals surface area contributed by atoms with Crippen molar-refractivity contribution in [3.05, 3.63) is 23.7 Å². The Labute approximate surface area is 108 Å². The highest BCUT2D eigenvalue weighted by atomic mass is 32.1. The van der Waals surface area contributed by atoms with E-state index in [1.165, 1.54) is 16.2 Å². The van der Waals surface area contributed by atoms with Gasteiger partial charge in [-0.15, -0.1) is 11.3 Å². The van der Waals surface area contributed by atoms with Crippen molar-refractivity contribution in [2.45, 2.75) is 13.3 Å². The molecule has 0 N–H and O–H groups in total. The number of fused-ring (bicyclic) bond motifs is 5. The molecule has 2 amide bonds. The smallest absolute Gasteiger partial charge is 0.242 e. The van der Waals surface area contributed by atoms with E-state index in [-0.39, 0.29) is 29.6 Å². The van der Waals surface area contributed by atoms with Crippen molar-refractivity contribution < 1.29 is 9.59 Å². The Kier molecular flexibility index (Phi) is 1.79. The summed E-state index contributed by atoms with van der Waals surface area (Å²) in [5, 5.41) is 2.30. The zero-order chi connectivity index (χ0) is 12.5. The van der Waals surface area contributed by atoms with Gasteiger partial charge in [0.2, 0.25) is 11.8 Å². The standard InChI is InChI=1S/C13H12N2O2S/c1-13-8-3-2-7(6-8)9(13)10(16)15(11(13)17)12-14-4-5-18-12/h2-5,7-9H,6H2,1H3/t7-,8+,9-,13-/m0/s1. The van der Waals surface area contributed by atoms with Crippen LogP contribution in [0.5, 0.6) is 0 Å². The summed E-state index contributed by atoms with van der Waals surface area (Å²) in [4.78, 5) is 30.6. The fourth-order valence-corrected chi connectivity index (χ4v) is 4.46. The number of amides is 2. The molecule has 0 spiro atoms. The van der Waals surface area contributed by atoms with Crippen molar-refractivity contribution in [2.75, 3.05) is 4.90 Å². The zero-order valence-corrected chi connectivity index (χ0v) is 10.7. The second-order valence-electron chi connectivity index (χ2n) is 5.44. The molecule has 5 heteroatoms. The van der Waals surface area contributed by atoms with Gasteiger partial charge in [0.1, 0.15) is 0 Å². The van der Waals surface area contributed by atoms with Crippen LogP contribution >= 0.6 is 11.3 Å². The van der Waals surface area contributed by atoms with Crippen LogP contribution in [0.2, 0.25) is 0 Å². The van der Waals surface area contributed by atoms with Crippen LogP contribution in [0, 0.1) is 23.2 Å². The van der Waals surface area contributed by atoms with Gasteiger partial charge in [0.25, 0.3) is 0 Å². The molecular formula is C13H12N2O2S. The fraction of sp³-hybridized carbons (Fsp3) is 0.462. The zero-order valence-electron chi connectivity index (χ0n) is 9.87. The molecule has 4 atom stereocenters. The molecule has 3 aliphatic rings. The molecule has 18 heavy (non-hydrogen) atoms. The summed E-state index contributed by atoms with van der Waals surface area (Å²) in [6, 6.07) is 0. The molecule has 2 heterocycles. The molecule has 2 aliphatic carbocycles. The summed E-state index contributed by atoms with van der Waals surface area (Å²) in [5.41, 5.74) is -0.540. The van der Waals surface area contributed by atoms with E-state index in [1.54, 1.807) is 11.6 Å². The van der Waals surface area contributed by atoms with Gasteiger partial charge in [-0.3, -0.25) is 9.59 Å². The van der Waals surface area contributed by atoms with Crippen LogP contribution in [0.25, 0.3) is 0 Å². The number of anilines is 1. The van der Waals surface area contributed by atoms with Gasteiger partial charge in [0.05, 0.1) is 11.3 Å². The van der Waals surface area contributed by atoms with Crippen molar-refractivity contribution in [3.8, 4) is 0 Å². The maximum atomic E-state index is 12.6. The average Bonchev–Trinajstić information content (AvgIpc) is 3.04. The quantitative estimate of drug-likeness (QED) is 0.572. The molecule has 1 aliphatic heterocycles. The number of imide groups is 1. The van der Waals surface area contributed by atoms with Gasteiger partial charge in [0, 0.05) is 11.6 Å². The first-order valence-corrected chi connectivity index (χ1v) is 6.98. The first kappa shape index (κ1) is 10.4. The maximum absolute atomic E-state index is 12.6. The van der Waals surface area contributed by atoms with E-state index < -0.39 is 5.41 Å². The third kappa shape index (κ3) is 0.960. The molecule has 2 bridgehead atoms. The summed E-state index contributed by atoms with van der Waals surface area (Å²) in [6.07, 6.45) is 6.79. The first-order valence-electron chi connectivity index (χ1n) is 6.10. The predicted octanol–water partition coefficient (Wildman–Crippen LogP) is 1.84. The Morgan fingerprint density at radius 1 is 1.44 bits per heavy atom. The SMILES string of the molecule is C[C@@]12C(=O)N(c3nccs3)C(=O)[C@@H]1[C@H]1C=C[C@@H]2C1. The van der Waals surface area contributed by atoms with Gasteiger partial charge < -0.3 is 0 Å². The van der Waals surface area contributed by atoms with E-state index in [0.29, 0.717) is 5.13 Å². The van der Waals surface area contributed by atoms with Crippen LogP contribution in [0.3, 0.4) is 0 Å². The minimum Gasteiger partial charge on any atom is -0.274 e. The van der Waals surface area contributed by atoms with E-state index in [4.69, 9.17) is 0 Å². The molecule has 1 saturated heterocycles. The highest BCUT2D eigenvalue weighted by Crippen LogP contribution is 2.60. The largest absolute Gasteiger partial charge is 0.274 e. The third-order valence-corrected chi connectivity index (χ3v) is 5.48. The third-order valence-electron chi connectivity index (χ3n) is 4.72. The molecule has 4 nitrogen and oxygen atoms in total. The summed E-state index contributed by atoms with van der Waals surface area (Å²) in [5.74, 6) is 0.151. The summed E-state index contributed by atoms with van der Waals surface area (Å²) >= 11 is 1.34. The van der Waals surface area contributed by atoms with Gasteiger partial charge in [0.15, 0.2) is 5.13 Å². The molecule has 4 rings (SSSR count). The number of hydrogen-bond acceptors (Lipinski definition) is 4. The monoisotopic (exact) mass is 260 g/mol. The summed E-state index contributed by atoms with van der Waals surface area (Å²) in [6.45, 7) is 1.94. The molecule has 0 radical (unpaired) electrons. The second-order valence-corrected chi connectivity index (χ2v) is 6.32. The number of aromatic nitrogens is 1. The fourth-order valence-electron chi connectivity index (χ4n) is 3.81. The maximum Gasteiger partial charge on any atom is 0.242 e. The summed E-state index contributed by atoms with van der Waals surface area (Å²) in [7, 11) is 0. The lowest BCUT2D eigenvalue weighted by Gasteiger charge is -2.27. The second kappa shape index (κ2) is 3.09. The van der Waals surface area contributed by atoms with Crippen LogP contribution in [0.1, 0.15) is 13.3 Å². The topological polar surface area (TPSA) is 50.3 Å². The number of carbonyl (C=O) groups is 2. The molecule has 1 aromatic rings. The van der Waals surface area contributed by atoms with Gasteiger partial charge in [-0.2, -0.15) is 0 Å². The van der Waals surface area contributed by atoms with Crippen molar-refractivity contribution in [2.24, 2.45) is 23.2 Å². The van der Waals surface area contributed by atoms with Gasteiger partial charge in [-0.25, -0.2) is 9.88 Å². The minimum absolute atomic E-state index is 0.0608. The van der Waals surface area contributed by atoms with E-state index >= 15 is 0 Å². The Balaban J connectivity index is 1.85. The van der Waals surface area contributed by atoms with Crippen LogP contribution in [0.4, 0.5) is 5.13 Å². The number of hydrogen-bond donors (Lipinski definition) is 0. The number of thiazole rings is 1. The molecule has 1 aromatic heterocycles. The number of rotatable bonds is 1. The normalized spacial score (nSPS) is 40.9. The van der Waals surface area contributed by atoms with Crippen molar-refractivity contribution >= 4 is 28.3 Å². The van der Waals surface area contributed by atoms with Gasteiger partial charge in [-0.05, 0) is 25.2 Å². The van der Waals surface area contributed by atoms with Crippen LogP contribution in [0.15, 0.2) is 23.7 Å². The molecule has 1 saturated carbocycles. The molecule has 2 fully saturated rings. The number of nitrogens with zero attached hydrogens (tertiary/aromatic N) is 2. The van der Waals surface area contributed by atoms with Crippen molar-refractivity contribution in [1.29, 1.82) is 0 Å². The van der Waals surface area contributed by atoms with Crippen molar-refractivity contribution in [3.63, 3.8) is 0 Å². The lowest BCUT2D eigenvalue weighted by atomic mass is 9.71. The molecular weight excluding hydrogens is 248 g/mol. The van der Waals surface area contributed by atoms with Gasteiger partial charge in [-0.1, -0.05) is 12.2 Å². The number of carbonyl (C=O) groups excluding carboxylic acids is 2.